The molecule has 2 heteroatoms. The minimum atomic E-state index is 0.976. The lowest BCUT2D eigenvalue weighted by molar-refractivity contribution is -0.0381. The van der Waals surface area contributed by atoms with Crippen molar-refractivity contribution in [1.29, 1.82) is 0 Å². The van der Waals surface area contributed by atoms with Gasteiger partial charge in [-0.05, 0) is 92.4 Å². The third-order valence-electron chi connectivity index (χ3n) is 7.19. The highest BCUT2D eigenvalue weighted by Crippen LogP contribution is 2.57. The standard InChI is InChI=1S/C24H30N2/c1-2-6-21(7-3-1)26-24-9-5-4-8-23(24)25-11-10-22-19-13-17-12-18(15-19)16-20(22)14-17/h1-9,17-20,22,25-26H,10-16H2. The maximum absolute atomic E-state index is 3.73. The number of anilines is 3. The molecule has 136 valence electrons. The van der Waals surface area contributed by atoms with Crippen LogP contribution in [0.2, 0.25) is 0 Å². The van der Waals surface area contributed by atoms with Crippen molar-refractivity contribution in [3.63, 3.8) is 0 Å². The van der Waals surface area contributed by atoms with Gasteiger partial charge >= 0.3 is 0 Å². The van der Waals surface area contributed by atoms with Crippen LogP contribution in [0.1, 0.15) is 38.5 Å². The van der Waals surface area contributed by atoms with Crippen molar-refractivity contribution >= 4 is 17.1 Å². The smallest absolute Gasteiger partial charge is 0.0620 e. The molecular weight excluding hydrogens is 316 g/mol. The average molecular weight is 347 g/mol. The molecule has 0 aromatic heterocycles. The predicted molar refractivity (Wildman–Crippen MR) is 110 cm³/mol. The third kappa shape index (κ3) is 3.22. The lowest BCUT2D eigenvalue weighted by Crippen LogP contribution is -2.45. The fourth-order valence-electron chi connectivity index (χ4n) is 6.31. The van der Waals surface area contributed by atoms with Gasteiger partial charge < -0.3 is 10.6 Å². The SMILES string of the molecule is c1ccc(Nc2ccccc2NCCC2C3CC4CC(C3)CC2C4)cc1. The van der Waals surface area contributed by atoms with Crippen LogP contribution in [0.5, 0.6) is 0 Å². The number of benzene rings is 2. The summed E-state index contributed by atoms with van der Waals surface area (Å²) in [5.74, 6) is 5.20. The highest BCUT2D eigenvalue weighted by Gasteiger charge is 2.47. The molecule has 4 bridgehead atoms. The zero-order valence-electron chi connectivity index (χ0n) is 15.5. The molecule has 0 heterocycles. The minimum Gasteiger partial charge on any atom is -0.383 e. The Morgan fingerprint density at radius 3 is 2.00 bits per heavy atom. The molecule has 6 rings (SSSR count). The number of rotatable bonds is 6. The summed E-state index contributed by atoms with van der Waals surface area (Å²) in [4.78, 5) is 0. The molecule has 0 atom stereocenters. The average Bonchev–Trinajstić information content (AvgIpc) is 2.65. The van der Waals surface area contributed by atoms with Crippen molar-refractivity contribution in [3.05, 3.63) is 54.6 Å². The highest BCUT2D eigenvalue weighted by molar-refractivity contribution is 5.74. The van der Waals surface area contributed by atoms with E-state index in [2.05, 4.69) is 65.2 Å². The fourth-order valence-corrected chi connectivity index (χ4v) is 6.31. The Hall–Kier alpha value is -1.96. The van der Waals surface area contributed by atoms with Gasteiger partial charge in [0, 0.05) is 12.2 Å². The van der Waals surface area contributed by atoms with Crippen molar-refractivity contribution in [2.24, 2.45) is 29.6 Å². The van der Waals surface area contributed by atoms with Crippen LogP contribution in [0.15, 0.2) is 54.6 Å². The van der Waals surface area contributed by atoms with Crippen molar-refractivity contribution in [1.82, 2.24) is 0 Å². The van der Waals surface area contributed by atoms with E-state index in [1.807, 2.05) is 0 Å². The molecule has 0 radical (unpaired) electrons. The van der Waals surface area contributed by atoms with E-state index >= 15 is 0 Å². The molecule has 2 N–H and O–H groups in total. The summed E-state index contributed by atoms with van der Waals surface area (Å²) >= 11 is 0. The van der Waals surface area contributed by atoms with Crippen LogP contribution in [0.4, 0.5) is 17.1 Å². The Balaban J connectivity index is 1.21. The summed E-state index contributed by atoms with van der Waals surface area (Å²) in [6.45, 7) is 1.10. The number of hydrogen-bond acceptors (Lipinski definition) is 2. The molecule has 0 spiro atoms. The normalized spacial score (nSPS) is 31.8. The van der Waals surface area contributed by atoms with Crippen molar-refractivity contribution < 1.29 is 0 Å². The summed E-state index contributed by atoms with van der Waals surface area (Å²) in [5.41, 5.74) is 3.53. The van der Waals surface area contributed by atoms with Crippen molar-refractivity contribution in [2.75, 3.05) is 17.2 Å². The monoisotopic (exact) mass is 346 g/mol. The van der Waals surface area contributed by atoms with Gasteiger partial charge in [0.1, 0.15) is 0 Å². The molecule has 4 saturated carbocycles. The molecule has 4 fully saturated rings. The second-order valence-electron chi connectivity index (χ2n) is 8.85. The van der Waals surface area contributed by atoms with Crippen LogP contribution in [0, 0.1) is 29.6 Å². The molecule has 4 aliphatic rings. The molecule has 4 aliphatic carbocycles. The zero-order chi connectivity index (χ0) is 17.3. The lowest BCUT2D eigenvalue weighted by atomic mass is 9.51. The fraction of sp³-hybridized carbons (Fsp3) is 0.500. The molecule has 0 unspecified atom stereocenters. The lowest BCUT2D eigenvalue weighted by Gasteiger charge is -2.54. The van der Waals surface area contributed by atoms with Gasteiger partial charge in [-0.1, -0.05) is 30.3 Å². The van der Waals surface area contributed by atoms with Crippen LogP contribution in [0.25, 0.3) is 0 Å². The first-order chi connectivity index (χ1) is 12.8. The Labute approximate surface area is 157 Å². The highest BCUT2D eigenvalue weighted by atomic mass is 15.0. The van der Waals surface area contributed by atoms with Crippen LogP contribution >= 0.6 is 0 Å². The second kappa shape index (κ2) is 6.98. The molecule has 2 aromatic rings. The van der Waals surface area contributed by atoms with Gasteiger partial charge in [0.25, 0.3) is 0 Å². The number of para-hydroxylation sites is 3. The molecular formula is C24H30N2. The van der Waals surface area contributed by atoms with Gasteiger partial charge in [-0.25, -0.2) is 0 Å². The van der Waals surface area contributed by atoms with E-state index in [1.54, 1.807) is 6.42 Å². The first-order valence-corrected chi connectivity index (χ1v) is 10.5. The summed E-state index contributed by atoms with van der Waals surface area (Å²) in [5, 5.41) is 7.28. The molecule has 26 heavy (non-hydrogen) atoms. The summed E-state index contributed by atoms with van der Waals surface area (Å²) in [7, 11) is 0. The van der Waals surface area contributed by atoms with Crippen molar-refractivity contribution in [3.8, 4) is 0 Å². The maximum atomic E-state index is 3.73. The van der Waals surface area contributed by atoms with E-state index < -0.39 is 0 Å². The van der Waals surface area contributed by atoms with Crippen LogP contribution in [0.3, 0.4) is 0 Å². The topological polar surface area (TPSA) is 24.1 Å². The third-order valence-corrected chi connectivity index (χ3v) is 7.19. The first kappa shape index (κ1) is 16.2. The summed E-state index contributed by atoms with van der Waals surface area (Å²) in [6, 6.07) is 19.0. The molecule has 0 amide bonds. The van der Waals surface area contributed by atoms with Crippen LogP contribution in [-0.2, 0) is 0 Å². The zero-order valence-corrected chi connectivity index (χ0v) is 15.5. The molecule has 2 aromatic carbocycles. The Bertz CT molecular complexity index is 711. The minimum absolute atomic E-state index is 0.976. The largest absolute Gasteiger partial charge is 0.383 e. The van der Waals surface area contributed by atoms with E-state index in [1.165, 1.54) is 43.5 Å². The van der Waals surface area contributed by atoms with E-state index in [0.717, 1.165) is 41.8 Å². The Morgan fingerprint density at radius 2 is 1.31 bits per heavy atom. The van der Waals surface area contributed by atoms with Gasteiger partial charge in [-0.2, -0.15) is 0 Å². The van der Waals surface area contributed by atoms with Gasteiger partial charge in [-0.3, -0.25) is 0 Å². The van der Waals surface area contributed by atoms with Gasteiger partial charge in [-0.15, -0.1) is 0 Å². The second-order valence-corrected chi connectivity index (χ2v) is 8.85. The Kier molecular flexibility index (Phi) is 4.36. The van der Waals surface area contributed by atoms with E-state index in [4.69, 9.17) is 0 Å². The van der Waals surface area contributed by atoms with Gasteiger partial charge in [0.05, 0.1) is 11.4 Å². The predicted octanol–water partition coefficient (Wildman–Crippen LogP) is 6.30. The van der Waals surface area contributed by atoms with E-state index in [9.17, 15) is 0 Å². The van der Waals surface area contributed by atoms with Crippen LogP contribution < -0.4 is 10.6 Å². The Morgan fingerprint density at radius 1 is 0.692 bits per heavy atom. The summed E-state index contributed by atoms with van der Waals surface area (Å²) in [6.07, 6.45) is 9.02. The van der Waals surface area contributed by atoms with Crippen LogP contribution in [-0.4, -0.2) is 6.54 Å². The van der Waals surface area contributed by atoms with Gasteiger partial charge in [0.2, 0.25) is 0 Å². The molecule has 0 saturated heterocycles. The van der Waals surface area contributed by atoms with E-state index in [-0.39, 0.29) is 0 Å². The quantitative estimate of drug-likeness (QED) is 0.641. The number of nitrogens with one attached hydrogen (secondary N) is 2. The molecule has 2 nitrogen and oxygen atoms in total. The molecule has 0 aliphatic heterocycles. The maximum Gasteiger partial charge on any atom is 0.0620 e. The summed E-state index contributed by atoms with van der Waals surface area (Å²) < 4.78 is 0. The number of hydrogen-bond donors (Lipinski definition) is 2. The van der Waals surface area contributed by atoms with Crippen molar-refractivity contribution in [2.45, 2.75) is 38.5 Å². The van der Waals surface area contributed by atoms with E-state index in [0.29, 0.717) is 0 Å². The first-order valence-electron chi connectivity index (χ1n) is 10.5. The van der Waals surface area contributed by atoms with Gasteiger partial charge in [0.15, 0.2) is 0 Å².